The maximum Gasteiger partial charge on any atom is 0.232 e. The molecule has 0 unspecified atom stereocenters. The molecule has 0 spiro atoms. The van der Waals surface area contributed by atoms with Gasteiger partial charge in [0.1, 0.15) is 5.82 Å². The summed E-state index contributed by atoms with van der Waals surface area (Å²) in [6.45, 7) is 0. The van der Waals surface area contributed by atoms with Gasteiger partial charge in [-0.25, -0.2) is 4.98 Å². The minimum atomic E-state index is 0.0535. The summed E-state index contributed by atoms with van der Waals surface area (Å²) in [5.41, 5.74) is 7.16. The largest absolute Gasteiger partial charge is 0.397 e. The van der Waals surface area contributed by atoms with Crippen molar-refractivity contribution in [3.05, 3.63) is 48.4 Å². The molecule has 1 amide bonds. The molecule has 20 heavy (non-hydrogen) atoms. The Labute approximate surface area is 117 Å². The Bertz CT molecular complexity index is 593. The van der Waals surface area contributed by atoms with Gasteiger partial charge < -0.3 is 5.73 Å². The van der Waals surface area contributed by atoms with E-state index in [9.17, 15) is 4.79 Å². The molecule has 1 fully saturated rings. The van der Waals surface area contributed by atoms with Crippen LogP contribution in [0.3, 0.4) is 0 Å². The van der Waals surface area contributed by atoms with Gasteiger partial charge in [-0.1, -0.05) is 6.07 Å². The smallest absolute Gasteiger partial charge is 0.232 e. The van der Waals surface area contributed by atoms with Crippen LogP contribution in [0.5, 0.6) is 0 Å². The maximum atomic E-state index is 12.5. The molecule has 0 radical (unpaired) electrons. The fourth-order valence-corrected chi connectivity index (χ4v) is 2.15. The standard InChI is InChI=1S/C15H16N4O/c16-12-3-6-14(18-10-12)19(13-4-5-13)15(20)8-11-2-1-7-17-9-11/h1-3,6-7,9-10,13H,4-5,8,16H2. The molecule has 5 nitrogen and oxygen atoms in total. The maximum absolute atomic E-state index is 12.5. The minimum Gasteiger partial charge on any atom is -0.397 e. The SMILES string of the molecule is Nc1ccc(N(C(=O)Cc2cccnc2)C2CC2)nc1. The lowest BCUT2D eigenvalue weighted by Gasteiger charge is -2.21. The van der Waals surface area contributed by atoms with Crippen LogP contribution in [-0.2, 0) is 11.2 Å². The number of hydrogen-bond donors (Lipinski definition) is 1. The highest BCUT2D eigenvalue weighted by Crippen LogP contribution is 2.31. The number of rotatable bonds is 4. The van der Waals surface area contributed by atoms with E-state index in [1.54, 1.807) is 35.6 Å². The molecule has 0 aromatic carbocycles. The van der Waals surface area contributed by atoms with Crippen LogP contribution < -0.4 is 10.6 Å². The third kappa shape index (κ3) is 2.77. The first kappa shape index (κ1) is 12.6. The van der Waals surface area contributed by atoms with Crippen molar-refractivity contribution < 1.29 is 4.79 Å². The summed E-state index contributed by atoms with van der Waals surface area (Å²) in [5.74, 6) is 0.730. The van der Waals surface area contributed by atoms with Gasteiger partial charge in [-0.05, 0) is 36.6 Å². The Balaban J connectivity index is 1.80. The average molecular weight is 268 g/mol. The molecule has 1 aliphatic rings. The number of nitrogens with two attached hydrogens (primary N) is 1. The summed E-state index contributed by atoms with van der Waals surface area (Å²) in [6, 6.07) is 7.59. The molecule has 2 N–H and O–H groups in total. The number of carbonyl (C=O) groups is 1. The van der Waals surface area contributed by atoms with Gasteiger partial charge in [-0.3, -0.25) is 14.7 Å². The third-order valence-electron chi connectivity index (χ3n) is 3.28. The Morgan fingerprint density at radius 1 is 1.30 bits per heavy atom. The molecule has 2 aromatic rings. The first-order valence-electron chi connectivity index (χ1n) is 6.66. The van der Waals surface area contributed by atoms with Crippen LogP contribution in [0.2, 0.25) is 0 Å². The Morgan fingerprint density at radius 3 is 2.75 bits per heavy atom. The van der Waals surface area contributed by atoms with Crippen LogP contribution in [0.1, 0.15) is 18.4 Å². The van der Waals surface area contributed by atoms with Crippen molar-refractivity contribution in [2.24, 2.45) is 0 Å². The molecule has 3 rings (SSSR count). The zero-order chi connectivity index (χ0) is 13.9. The van der Waals surface area contributed by atoms with Gasteiger partial charge in [0.2, 0.25) is 5.91 Å². The van der Waals surface area contributed by atoms with E-state index in [1.807, 2.05) is 12.1 Å². The van der Waals surface area contributed by atoms with Gasteiger partial charge in [0, 0.05) is 18.4 Å². The van der Waals surface area contributed by atoms with Crippen molar-refractivity contribution in [2.75, 3.05) is 10.6 Å². The topological polar surface area (TPSA) is 72.1 Å². The lowest BCUT2D eigenvalue weighted by atomic mass is 10.2. The van der Waals surface area contributed by atoms with Gasteiger partial charge in [-0.15, -0.1) is 0 Å². The van der Waals surface area contributed by atoms with Gasteiger partial charge in [0.05, 0.1) is 18.3 Å². The fourth-order valence-electron chi connectivity index (χ4n) is 2.15. The summed E-state index contributed by atoms with van der Waals surface area (Å²) in [7, 11) is 0. The zero-order valence-electron chi connectivity index (χ0n) is 11.1. The predicted octanol–water partition coefficient (Wildman–Crippen LogP) is 1.80. The van der Waals surface area contributed by atoms with Gasteiger partial charge >= 0.3 is 0 Å². The normalized spacial score (nSPS) is 14.0. The van der Waals surface area contributed by atoms with Gasteiger partial charge in [-0.2, -0.15) is 0 Å². The molecule has 102 valence electrons. The number of nitrogens with zero attached hydrogens (tertiary/aromatic N) is 3. The molecule has 0 aliphatic heterocycles. The van der Waals surface area contributed by atoms with E-state index >= 15 is 0 Å². The second kappa shape index (κ2) is 5.28. The molecule has 0 bridgehead atoms. The van der Waals surface area contributed by atoms with E-state index in [0.29, 0.717) is 17.9 Å². The summed E-state index contributed by atoms with van der Waals surface area (Å²) >= 11 is 0. The molecular weight excluding hydrogens is 252 g/mol. The highest BCUT2D eigenvalue weighted by Gasteiger charge is 2.34. The number of nitrogen functional groups attached to an aromatic ring is 1. The van der Waals surface area contributed by atoms with E-state index in [4.69, 9.17) is 5.73 Å². The predicted molar refractivity (Wildman–Crippen MR) is 77.1 cm³/mol. The van der Waals surface area contributed by atoms with Crippen LogP contribution >= 0.6 is 0 Å². The van der Waals surface area contributed by atoms with E-state index in [0.717, 1.165) is 18.4 Å². The van der Waals surface area contributed by atoms with E-state index in [-0.39, 0.29) is 11.9 Å². The fraction of sp³-hybridized carbons (Fsp3) is 0.267. The third-order valence-corrected chi connectivity index (χ3v) is 3.28. The van der Waals surface area contributed by atoms with Crippen LogP contribution in [0, 0.1) is 0 Å². The van der Waals surface area contributed by atoms with Gasteiger partial charge in [0.15, 0.2) is 0 Å². The molecule has 2 heterocycles. The monoisotopic (exact) mass is 268 g/mol. The molecule has 2 aromatic heterocycles. The van der Waals surface area contributed by atoms with E-state index in [1.165, 1.54) is 0 Å². The van der Waals surface area contributed by atoms with Crippen molar-refractivity contribution in [3.63, 3.8) is 0 Å². The van der Waals surface area contributed by atoms with Crippen molar-refractivity contribution in [1.82, 2.24) is 9.97 Å². The molecule has 1 aliphatic carbocycles. The van der Waals surface area contributed by atoms with Crippen LogP contribution in [0.15, 0.2) is 42.9 Å². The number of pyridine rings is 2. The molecule has 0 saturated heterocycles. The number of hydrogen-bond acceptors (Lipinski definition) is 4. The van der Waals surface area contributed by atoms with Crippen LogP contribution in [0.25, 0.3) is 0 Å². The first-order valence-corrected chi connectivity index (χ1v) is 6.66. The van der Waals surface area contributed by atoms with Crippen molar-refractivity contribution in [2.45, 2.75) is 25.3 Å². The number of amides is 1. The summed E-state index contributed by atoms with van der Waals surface area (Å²) in [6.07, 6.45) is 7.42. The summed E-state index contributed by atoms with van der Waals surface area (Å²) in [5, 5.41) is 0. The molecule has 5 heteroatoms. The number of carbonyl (C=O) groups excluding carboxylic acids is 1. The minimum absolute atomic E-state index is 0.0535. The summed E-state index contributed by atoms with van der Waals surface area (Å²) in [4.78, 5) is 22.6. The molecular formula is C15H16N4O. The zero-order valence-corrected chi connectivity index (χ0v) is 11.1. The van der Waals surface area contributed by atoms with Crippen LogP contribution in [-0.4, -0.2) is 21.9 Å². The van der Waals surface area contributed by atoms with Crippen molar-refractivity contribution in [1.29, 1.82) is 0 Å². The number of aromatic nitrogens is 2. The highest BCUT2D eigenvalue weighted by atomic mass is 16.2. The van der Waals surface area contributed by atoms with Crippen molar-refractivity contribution in [3.8, 4) is 0 Å². The average Bonchev–Trinajstić information content (AvgIpc) is 3.27. The Hall–Kier alpha value is -2.43. The quantitative estimate of drug-likeness (QED) is 0.917. The molecule has 1 saturated carbocycles. The first-order chi connectivity index (χ1) is 9.74. The Kier molecular flexibility index (Phi) is 3.33. The lowest BCUT2D eigenvalue weighted by molar-refractivity contribution is -0.118. The van der Waals surface area contributed by atoms with E-state index in [2.05, 4.69) is 9.97 Å². The number of anilines is 2. The van der Waals surface area contributed by atoms with E-state index < -0.39 is 0 Å². The summed E-state index contributed by atoms with van der Waals surface area (Å²) < 4.78 is 0. The second-order valence-corrected chi connectivity index (χ2v) is 4.98. The molecule has 0 atom stereocenters. The highest BCUT2D eigenvalue weighted by molar-refractivity contribution is 5.95. The van der Waals surface area contributed by atoms with Crippen molar-refractivity contribution >= 4 is 17.4 Å². The van der Waals surface area contributed by atoms with Gasteiger partial charge in [0.25, 0.3) is 0 Å². The Morgan fingerprint density at radius 2 is 2.15 bits per heavy atom. The second-order valence-electron chi connectivity index (χ2n) is 4.98. The van der Waals surface area contributed by atoms with Crippen LogP contribution in [0.4, 0.5) is 11.5 Å². The lowest BCUT2D eigenvalue weighted by Crippen LogP contribution is -2.35.